The molecule has 0 saturated heterocycles. The van der Waals surface area contributed by atoms with Crippen LogP contribution in [0.1, 0.15) is 309 Å². The van der Waals surface area contributed by atoms with Crippen LogP contribution >= 0.6 is 0 Å². The first kappa shape index (κ1) is 58.9. The number of aliphatic hydroxyl groups excluding tert-OH is 2. The fraction of sp³-hybridized carbons (Fsp3) is 0.911. The summed E-state index contributed by atoms with van der Waals surface area (Å²) in [5, 5.41) is 23.1. The molecular weight excluding hydrogens is 735 g/mol. The Labute approximate surface area is 377 Å². The zero-order valence-electron chi connectivity index (χ0n) is 41.0. The van der Waals surface area contributed by atoms with Gasteiger partial charge in [0.15, 0.2) is 0 Å². The molecule has 0 saturated carbocycles. The number of carbonyl (C=O) groups is 1. The Balaban J connectivity index is 3.46. The predicted octanol–water partition coefficient (Wildman–Crippen LogP) is 17.9. The van der Waals surface area contributed by atoms with Gasteiger partial charge in [-0.05, 0) is 44.9 Å². The molecule has 0 spiro atoms. The summed E-state index contributed by atoms with van der Waals surface area (Å²) in [5.41, 5.74) is 0. The van der Waals surface area contributed by atoms with Crippen LogP contribution in [0.25, 0.3) is 0 Å². The van der Waals surface area contributed by atoms with E-state index in [1.165, 1.54) is 263 Å². The topological polar surface area (TPSA) is 69.6 Å². The van der Waals surface area contributed by atoms with Crippen LogP contribution in [0.15, 0.2) is 24.3 Å². The molecule has 0 bridgehead atoms. The lowest BCUT2D eigenvalue weighted by atomic mass is 10.0. The van der Waals surface area contributed by atoms with Crippen molar-refractivity contribution in [1.29, 1.82) is 0 Å². The summed E-state index contributed by atoms with van der Waals surface area (Å²) >= 11 is 0. The van der Waals surface area contributed by atoms with Gasteiger partial charge in [0, 0.05) is 6.42 Å². The zero-order chi connectivity index (χ0) is 43.5. The van der Waals surface area contributed by atoms with Crippen molar-refractivity contribution < 1.29 is 15.0 Å². The van der Waals surface area contributed by atoms with Gasteiger partial charge in [0.25, 0.3) is 0 Å². The van der Waals surface area contributed by atoms with Gasteiger partial charge in [0.1, 0.15) is 0 Å². The molecule has 0 aliphatic rings. The molecule has 0 aromatic carbocycles. The van der Waals surface area contributed by atoms with Gasteiger partial charge in [0.05, 0.1) is 18.8 Å². The molecule has 0 heterocycles. The van der Waals surface area contributed by atoms with Crippen molar-refractivity contribution in [3.05, 3.63) is 24.3 Å². The number of hydrogen-bond donors (Lipinski definition) is 3. The van der Waals surface area contributed by atoms with E-state index in [0.29, 0.717) is 6.42 Å². The summed E-state index contributed by atoms with van der Waals surface area (Å²) in [6.07, 6.45) is 69.1. The fourth-order valence-electron chi connectivity index (χ4n) is 8.71. The van der Waals surface area contributed by atoms with Crippen molar-refractivity contribution in [3.63, 3.8) is 0 Å². The van der Waals surface area contributed by atoms with E-state index in [2.05, 4.69) is 31.3 Å². The number of aliphatic hydroxyl groups is 2. The maximum absolute atomic E-state index is 12.4. The largest absolute Gasteiger partial charge is 0.394 e. The third-order valence-electron chi connectivity index (χ3n) is 12.9. The van der Waals surface area contributed by atoms with E-state index in [1.807, 2.05) is 6.08 Å². The molecule has 0 aliphatic heterocycles. The first-order valence-electron chi connectivity index (χ1n) is 27.6. The summed E-state index contributed by atoms with van der Waals surface area (Å²) in [5.74, 6) is -0.0643. The van der Waals surface area contributed by atoms with Crippen LogP contribution in [0.4, 0.5) is 0 Å². The zero-order valence-corrected chi connectivity index (χ0v) is 41.0. The van der Waals surface area contributed by atoms with E-state index in [0.717, 1.165) is 25.7 Å². The van der Waals surface area contributed by atoms with E-state index in [9.17, 15) is 15.0 Å². The van der Waals surface area contributed by atoms with Gasteiger partial charge in [-0.3, -0.25) is 4.79 Å². The summed E-state index contributed by atoms with van der Waals surface area (Å²) in [6, 6.07) is -0.623. The van der Waals surface area contributed by atoms with Crippen molar-refractivity contribution in [2.24, 2.45) is 0 Å². The summed E-state index contributed by atoms with van der Waals surface area (Å²) in [6.45, 7) is 4.34. The standard InChI is InChI=1S/C56H109NO3/c1-3-5-7-9-11-13-15-17-19-21-23-24-25-26-27-28-29-30-31-32-33-34-35-37-39-41-43-45-47-49-51-55(59)54(53-58)57-56(60)52-50-48-46-44-42-40-38-36-22-20-18-16-14-12-10-8-6-4-2/h20,22,49,51,54-55,58-59H,3-19,21,23-48,50,52-53H2,1-2H3,(H,57,60)/b22-20-,51-49+. The predicted molar refractivity (Wildman–Crippen MR) is 267 cm³/mol. The lowest BCUT2D eigenvalue weighted by Crippen LogP contribution is -2.45. The second-order valence-electron chi connectivity index (χ2n) is 19.0. The molecule has 0 aromatic rings. The molecule has 4 heteroatoms. The van der Waals surface area contributed by atoms with Crippen LogP contribution in [0.3, 0.4) is 0 Å². The number of carbonyl (C=O) groups excluding carboxylic acids is 1. The van der Waals surface area contributed by atoms with Crippen molar-refractivity contribution in [1.82, 2.24) is 5.32 Å². The van der Waals surface area contributed by atoms with E-state index in [-0.39, 0.29) is 12.5 Å². The highest BCUT2D eigenvalue weighted by atomic mass is 16.3. The summed E-state index contributed by atoms with van der Waals surface area (Å²) in [7, 11) is 0. The van der Waals surface area contributed by atoms with Crippen molar-refractivity contribution in [2.75, 3.05) is 6.61 Å². The molecule has 0 fully saturated rings. The molecule has 0 aromatic heterocycles. The smallest absolute Gasteiger partial charge is 0.220 e. The van der Waals surface area contributed by atoms with Crippen LogP contribution in [0, 0.1) is 0 Å². The second kappa shape index (κ2) is 52.2. The third kappa shape index (κ3) is 47.9. The monoisotopic (exact) mass is 844 g/mol. The minimum absolute atomic E-state index is 0.0643. The van der Waals surface area contributed by atoms with Gasteiger partial charge in [-0.2, -0.15) is 0 Å². The van der Waals surface area contributed by atoms with Crippen LogP contribution in [0.5, 0.6) is 0 Å². The van der Waals surface area contributed by atoms with Crippen molar-refractivity contribution >= 4 is 5.91 Å². The number of allylic oxidation sites excluding steroid dienone is 3. The Morgan fingerprint density at radius 3 is 0.917 bits per heavy atom. The van der Waals surface area contributed by atoms with Gasteiger partial charge in [-0.1, -0.05) is 282 Å². The van der Waals surface area contributed by atoms with Crippen molar-refractivity contribution in [2.45, 2.75) is 321 Å². The average molecular weight is 844 g/mol. The highest BCUT2D eigenvalue weighted by Gasteiger charge is 2.18. The number of rotatable bonds is 51. The molecule has 0 aliphatic carbocycles. The lowest BCUT2D eigenvalue weighted by molar-refractivity contribution is -0.123. The molecule has 0 rings (SSSR count). The van der Waals surface area contributed by atoms with Crippen molar-refractivity contribution in [3.8, 4) is 0 Å². The van der Waals surface area contributed by atoms with Gasteiger partial charge < -0.3 is 15.5 Å². The number of unbranched alkanes of at least 4 members (excludes halogenated alkanes) is 42. The molecule has 2 unspecified atom stereocenters. The van der Waals surface area contributed by atoms with Gasteiger partial charge in [0.2, 0.25) is 5.91 Å². The minimum Gasteiger partial charge on any atom is -0.394 e. The number of hydrogen-bond acceptors (Lipinski definition) is 3. The van der Waals surface area contributed by atoms with Crippen LogP contribution in [-0.4, -0.2) is 34.9 Å². The highest BCUT2D eigenvalue weighted by molar-refractivity contribution is 5.76. The van der Waals surface area contributed by atoms with Crippen LogP contribution in [0.2, 0.25) is 0 Å². The minimum atomic E-state index is -0.840. The lowest BCUT2D eigenvalue weighted by Gasteiger charge is -2.20. The van der Waals surface area contributed by atoms with E-state index < -0.39 is 12.1 Å². The van der Waals surface area contributed by atoms with Crippen LogP contribution in [-0.2, 0) is 4.79 Å². The average Bonchev–Trinajstić information content (AvgIpc) is 3.25. The Bertz CT molecular complexity index is 871. The Hall–Kier alpha value is -1.13. The Morgan fingerprint density at radius 2 is 0.633 bits per heavy atom. The molecule has 0 radical (unpaired) electrons. The van der Waals surface area contributed by atoms with Gasteiger partial charge in [-0.15, -0.1) is 0 Å². The normalized spacial score (nSPS) is 12.9. The quantitative estimate of drug-likeness (QED) is 0.0422. The fourth-order valence-corrected chi connectivity index (χ4v) is 8.71. The molecule has 60 heavy (non-hydrogen) atoms. The first-order chi connectivity index (χ1) is 29.7. The van der Waals surface area contributed by atoms with E-state index >= 15 is 0 Å². The van der Waals surface area contributed by atoms with Gasteiger partial charge >= 0.3 is 0 Å². The third-order valence-corrected chi connectivity index (χ3v) is 12.9. The molecule has 4 nitrogen and oxygen atoms in total. The maximum Gasteiger partial charge on any atom is 0.220 e. The first-order valence-corrected chi connectivity index (χ1v) is 27.6. The summed E-state index contributed by atoms with van der Waals surface area (Å²) < 4.78 is 0. The molecule has 356 valence electrons. The van der Waals surface area contributed by atoms with E-state index in [4.69, 9.17) is 0 Å². The molecular formula is C56H109NO3. The molecule has 3 N–H and O–H groups in total. The Morgan fingerprint density at radius 1 is 0.383 bits per heavy atom. The molecule has 2 atom stereocenters. The number of amides is 1. The maximum atomic E-state index is 12.4. The van der Waals surface area contributed by atoms with E-state index in [1.54, 1.807) is 6.08 Å². The molecule has 1 amide bonds. The summed E-state index contributed by atoms with van der Waals surface area (Å²) in [4.78, 5) is 12.4. The highest BCUT2D eigenvalue weighted by Crippen LogP contribution is 2.17. The number of nitrogens with one attached hydrogen (secondary N) is 1. The second-order valence-corrected chi connectivity index (χ2v) is 19.0. The van der Waals surface area contributed by atoms with Crippen LogP contribution < -0.4 is 5.32 Å². The van der Waals surface area contributed by atoms with Gasteiger partial charge in [-0.25, -0.2) is 0 Å². The SMILES string of the molecule is CCCCCCCCC/C=C\CCCCCCCCCC(=O)NC(CO)C(O)/C=C/CCCCCCCCCCCCCCCCCCCCCCCCCCCCCC. The Kier molecular flexibility index (Phi) is 51.2.